The third kappa shape index (κ3) is 5.37. The van der Waals surface area contributed by atoms with Gasteiger partial charge in [-0.3, -0.25) is 0 Å². The number of aliphatic hydroxyl groups excluding tert-OH is 2. The van der Waals surface area contributed by atoms with Crippen LogP contribution in [0.4, 0.5) is 0 Å². The van der Waals surface area contributed by atoms with Gasteiger partial charge in [0.05, 0.1) is 24.8 Å². The van der Waals surface area contributed by atoms with Crippen molar-refractivity contribution < 1.29 is 34.3 Å². The SMILES string of the molecule is CNC1[C@@H](O)[C@@H](OC2C(O)C(O[C@@H]3OC(CN)CCC3N)C(N)C[C@H]2N)OC[C@]1(C)O. The van der Waals surface area contributed by atoms with Crippen molar-refractivity contribution in [2.45, 2.75) is 99.1 Å². The third-order valence-electron chi connectivity index (χ3n) is 6.55. The van der Waals surface area contributed by atoms with Gasteiger partial charge in [0.15, 0.2) is 12.6 Å². The smallest absolute Gasteiger partial charge is 0.185 e. The summed E-state index contributed by atoms with van der Waals surface area (Å²) in [7, 11) is 1.62. The molecule has 1 saturated carbocycles. The summed E-state index contributed by atoms with van der Waals surface area (Å²) in [5.41, 5.74) is 23.0. The van der Waals surface area contributed by atoms with Crippen molar-refractivity contribution in [2.24, 2.45) is 22.9 Å². The highest BCUT2D eigenvalue weighted by atomic mass is 16.7. The van der Waals surface area contributed by atoms with Crippen LogP contribution in [0.1, 0.15) is 26.2 Å². The molecule has 0 bridgehead atoms. The Hall–Kier alpha value is -0.480. The fourth-order valence-electron chi connectivity index (χ4n) is 4.69. The Morgan fingerprint density at radius 2 is 1.61 bits per heavy atom. The van der Waals surface area contributed by atoms with Gasteiger partial charge in [-0.05, 0) is 33.2 Å². The van der Waals surface area contributed by atoms with E-state index in [1.54, 1.807) is 14.0 Å². The van der Waals surface area contributed by atoms with Crippen LogP contribution in [0.25, 0.3) is 0 Å². The molecule has 12 nitrogen and oxygen atoms in total. The molecule has 12 heteroatoms. The van der Waals surface area contributed by atoms with E-state index in [2.05, 4.69) is 5.32 Å². The lowest BCUT2D eigenvalue weighted by molar-refractivity contribution is -0.306. The van der Waals surface area contributed by atoms with Crippen LogP contribution in [0.2, 0.25) is 0 Å². The van der Waals surface area contributed by atoms with Crippen LogP contribution in [0.5, 0.6) is 0 Å². The van der Waals surface area contributed by atoms with E-state index in [-0.39, 0.29) is 18.8 Å². The van der Waals surface area contributed by atoms with Crippen LogP contribution in [0, 0.1) is 0 Å². The second kappa shape index (κ2) is 10.2. The molecule has 0 radical (unpaired) electrons. The number of rotatable bonds is 6. The van der Waals surface area contributed by atoms with Gasteiger partial charge in [0.25, 0.3) is 0 Å². The van der Waals surface area contributed by atoms with Gasteiger partial charge in [0.1, 0.15) is 30.0 Å². The molecule has 0 aromatic heterocycles. The van der Waals surface area contributed by atoms with E-state index in [1.165, 1.54) is 0 Å². The second-order valence-corrected chi connectivity index (χ2v) is 9.15. The molecule has 182 valence electrons. The molecular formula is C19H39N5O7. The van der Waals surface area contributed by atoms with Gasteiger partial charge in [0, 0.05) is 18.6 Å². The molecule has 3 rings (SSSR count). The van der Waals surface area contributed by atoms with Crippen molar-refractivity contribution in [3.8, 4) is 0 Å². The predicted molar refractivity (Wildman–Crippen MR) is 110 cm³/mol. The Morgan fingerprint density at radius 1 is 1.00 bits per heavy atom. The van der Waals surface area contributed by atoms with E-state index in [9.17, 15) is 15.3 Å². The van der Waals surface area contributed by atoms with Crippen molar-refractivity contribution >= 4 is 0 Å². The van der Waals surface area contributed by atoms with Crippen molar-refractivity contribution in [2.75, 3.05) is 20.2 Å². The van der Waals surface area contributed by atoms with Crippen molar-refractivity contribution in [3.63, 3.8) is 0 Å². The van der Waals surface area contributed by atoms with Crippen LogP contribution < -0.4 is 28.3 Å². The molecule has 2 heterocycles. The molecular weight excluding hydrogens is 410 g/mol. The van der Waals surface area contributed by atoms with Crippen molar-refractivity contribution in [1.82, 2.24) is 5.32 Å². The highest BCUT2D eigenvalue weighted by Crippen LogP contribution is 2.31. The number of likely N-dealkylation sites (N-methyl/N-ethyl adjacent to an activating group) is 1. The van der Waals surface area contributed by atoms with Crippen molar-refractivity contribution in [1.29, 1.82) is 0 Å². The minimum absolute atomic E-state index is 0.0665. The van der Waals surface area contributed by atoms with Crippen LogP contribution in [-0.4, -0.2) is 108 Å². The van der Waals surface area contributed by atoms with Gasteiger partial charge in [-0.25, -0.2) is 0 Å². The summed E-state index contributed by atoms with van der Waals surface area (Å²) >= 11 is 0. The monoisotopic (exact) mass is 449 g/mol. The molecule has 0 aromatic rings. The Kier molecular flexibility index (Phi) is 8.27. The van der Waals surface area contributed by atoms with Gasteiger partial charge < -0.3 is 62.5 Å². The summed E-state index contributed by atoms with van der Waals surface area (Å²) in [5.74, 6) is 0. The lowest BCUT2D eigenvalue weighted by Crippen LogP contribution is -2.68. The standard InChI is InChI=1S/C19H39N5O7/c1-19(27)7-28-18(13(26)16(19)24-2)31-15-11(23)5-10(22)14(12(15)25)30-17-9(21)4-3-8(6-20)29-17/h8-18,24-27H,3-7,20-23H2,1-2H3/t8?,9?,10?,11-,12?,13-,14?,15?,16?,17+,18-,19+/m1/s1. The number of aliphatic hydroxyl groups is 3. The molecule has 1 aliphatic carbocycles. The van der Waals surface area contributed by atoms with E-state index >= 15 is 0 Å². The second-order valence-electron chi connectivity index (χ2n) is 9.15. The normalized spacial score (nSPS) is 51.6. The molecule has 31 heavy (non-hydrogen) atoms. The summed E-state index contributed by atoms with van der Waals surface area (Å²) in [6.45, 7) is 1.83. The van der Waals surface area contributed by atoms with E-state index in [1.807, 2.05) is 0 Å². The fraction of sp³-hybridized carbons (Fsp3) is 1.00. The highest BCUT2D eigenvalue weighted by Gasteiger charge is 2.50. The Labute approximate surface area is 182 Å². The molecule has 2 aliphatic heterocycles. The molecule has 2 saturated heterocycles. The van der Waals surface area contributed by atoms with Gasteiger partial charge in [0.2, 0.25) is 0 Å². The van der Waals surface area contributed by atoms with Crippen LogP contribution in [0.3, 0.4) is 0 Å². The first-order valence-electron chi connectivity index (χ1n) is 10.9. The lowest BCUT2D eigenvalue weighted by atomic mass is 9.84. The zero-order chi connectivity index (χ0) is 22.9. The summed E-state index contributed by atoms with van der Waals surface area (Å²) in [6.07, 6.45) is -4.48. The quantitative estimate of drug-likeness (QED) is 0.195. The zero-order valence-corrected chi connectivity index (χ0v) is 18.2. The molecule has 0 amide bonds. The van der Waals surface area contributed by atoms with E-state index in [4.69, 9.17) is 41.9 Å². The molecule has 3 fully saturated rings. The maximum Gasteiger partial charge on any atom is 0.185 e. The van der Waals surface area contributed by atoms with Crippen LogP contribution in [0.15, 0.2) is 0 Å². The summed E-state index contributed by atoms with van der Waals surface area (Å²) in [4.78, 5) is 0. The first-order valence-corrected chi connectivity index (χ1v) is 10.9. The van der Waals surface area contributed by atoms with Gasteiger partial charge in [-0.15, -0.1) is 0 Å². The molecule has 7 unspecified atom stereocenters. The molecule has 12 atom stereocenters. The first-order chi connectivity index (χ1) is 14.6. The highest BCUT2D eigenvalue weighted by molar-refractivity contribution is 5.01. The maximum absolute atomic E-state index is 11.0. The lowest BCUT2D eigenvalue weighted by Gasteiger charge is -2.48. The predicted octanol–water partition coefficient (Wildman–Crippen LogP) is -3.98. The van der Waals surface area contributed by atoms with Gasteiger partial charge >= 0.3 is 0 Å². The molecule has 12 N–H and O–H groups in total. The van der Waals surface area contributed by atoms with Crippen LogP contribution >= 0.6 is 0 Å². The van der Waals surface area contributed by atoms with E-state index in [0.717, 1.165) is 6.42 Å². The number of hydrogen-bond acceptors (Lipinski definition) is 12. The number of hydrogen-bond donors (Lipinski definition) is 8. The Morgan fingerprint density at radius 3 is 2.19 bits per heavy atom. The summed E-state index contributed by atoms with van der Waals surface area (Å²) in [6, 6.07) is -2.26. The maximum atomic E-state index is 11.0. The van der Waals surface area contributed by atoms with Gasteiger partial charge in [-0.1, -0.05) is 0 Å². The average molecular weight is 450 g/mol. The molecule has 3 aliphatic rings. The average Bonchev–Trinajstić information content (AvgIpc) is 2.71. The number of nitrogens with one attached hydrogen (secondary N) is 1. The van der Waals surface area contributed by atoms with Crippen molar-refractivity contribution in [3.05, 3.63) is 0 Å². The molecule has 0 spiro atoms. The molecule has 0 aromatic carbocycles. The van der Waals surface area contributed by atoms with E-state index < -0.39 is 60.7 Å². The first kappa shape index (κ1) is 25.1. The number of nitrogens with two attached hydrogens (primary N) is 4. The van der Waals surface area contributed by atoms with Crippen LogP contribution in [-0.2, 0) is 18.9 Å². The Balaban J connectivity index is 1.68. The summed E-state index contributed by atoms with van der Waals surface area (Å²) < 4.78 is 23.3. The van der Waals surface area contributed by atoms with E-state index in [0.29, 0.717) is 19.4 Å². The number of ether oxygens (including phenoxy) is 4. The largest absolute Gasteiger partial charge is 0.388 e. The minimum atomic E-state index is -1.29. The Bertz CT molecular complexity index is 588. The summed E-state index contributed by atoms with van der Waals surface area (Å²) in [5, 5.41) is 34.9. The fourth-order valence-corrected chi connectivity index (χ4v) is 4.69. The minimum Gasteiger partial charge on any atom is -0.388 e. The van der Waals surface area contributed by atoms with Gasteiger partial charge in [-0.2, -0.15) is 0 Å². The topological polar surface area (TPSA) is 214 Å². The third-order valence-corrected chi connectivity index (χ3v) is 6.55. The zero-order valence-electron chi connectivity index (χ0n) is 18.2.